The normalized spacial score (nSPS) is 15.2. The van der Waals surface area contributed by atoms with Gasteiger partial charge >= 0.3 is 0 Å². The monoisotopic (exact) mass is 494 g/mol. The summed E-state index contributed by atoms with van der Waals surface area (Å²) in [5, 5.41) is 2.04. The molecule has 1 atom stereocenters. The zero-order valence-electron chi connectivity index (χ0n) is 20.2. The van der Waals surface area contributed by atoms with Gasteiger partial charge in [-0.25, -0.2) is 4.39 Å². The van der Waals surface area contributed by atoms with E-state index in [4.69, 9.17) is 4.74 Å². The number of thiophene rings is 1. The summed E-state index contributed by atoms with van der Waals surface area (Å²) in [5.41, 5.74) is 2.94. The molecule has 0 spiro atoms. The zero-order chi connectivity index (χ0) is 24.8. The van der Waals surface area contributed by atoms with E-state index in [9.17, 15) is 14.0 Å². The lowest BCUT2D eigenvalue weighted by molar-refractivity contribution is -0.145. The first-order chi connectivity index (χ1) is 16.9. The average molecular weight is 495 g/mol. The SMILES string of the molecule is CC(C)CN(CC(=O)N1CCc2sccc2C1c1ccc(F)cc1)C(=O)COCc1ccccc1. The Labute approximate surface area is 210 Å². The van der Waals surface area contributed by atoms with Crippen LogP contribution in [-0.4, -0.2) is 47.9 Å². The van der Waals surface area contributed by atoms with Crippen molar-refractivity contribution < 1.29 is 18.7 Å². The summed E-state index contributed by atoms with van der Waals surface area (Å²) in [6, 6.07) is 17.8. The second kappa shape index (κ2) is 11.6. The van der Waals surface area contributed by atoms with Crippen molar-refractivity contribution in [1.29, 1.82) is 0 Å². The van der Waals surface area contributed by atoms with Crippen molar-refractivity contribution in [2.45, 2.75) is 32.9 Å². The van der Waals surface area contributed by atoms with Crippen LogP contribution in [0.1, 0.15) is 41.5 Å². The van der Waals surface area contributed by atoms with Crippen LogP contribution in [0.4, 0.5) is 4.39 Å². The molecule has 2 aromatic carbocycles. The summed E-state index contributed by atoms with van der Waals surface area (Å²) in [7, 11) is 0. The molecule has 0 saturated heterocycles. The molecule has 4 rings (SSSR count). The molecule has 7 heteroatoms. The molecule has 35 heavy (non-hydrogen) atoms. The highest BCUT2D eigenvalue weighted by molar-refractivity contribution is 7.10. The second-order valence-electron chi connectivity index (χ2n) is 9.24. The third kappa shape index (κ3) is 6.35. The van der Waals surface area contributed by atoms with E-state index in [1.165, 1.54) is 17.0 Å². The largest absolute Gasteiger partial charge is 0.367 e. The Hall–Kier alpha value is -3.03. The second-order valence-corrected chi connectivity index (χ2v) is 10.2. The topological polar surface area (TPSA) is 49.9 Å². The Morgan fingerprint density at radius 1 is 1.11 bits per heavy atom. The summed E-state index contributed by atoms with van der Waals surface area (Å²) in [4.78, 5) is 31.3. The number of benzene rings is 2. The summed E-state index contributed by atoms with van der Waals surface area (Å²) >= 11 is 1.68. The molecular weight excluding hydrogens is 463 g/mol. The van der Waals surface area contributed by atoms with Crippen molar-refractivity contribution in [3.05, 3.63) is 93.4 Å². The highest BCUT2D eigenvalue weighted by Crippen LogP contribution is 2.37. The van der Waals surface area contributed by atoms with Crippen LogP contribution in [-0.2, 0) is 27.4 Å². The molecule has 184 valence electrons. The van der Waals surface area contributed by atoms with Crippen LogP contribution in [0.2, 0.25) is 0 Å². The number of halogens is 1. The van der Waals surface area contributed by atoms with Crippen LogP contribution < -0.4 is 0 Å². The summed E-state index contributed by atoms with van der Waals surface area (Å²) in [6.45, 7) is 5.33. The molecule has 3 aromatic rings. The Morgan fingerprint density at radius 2 is 1.86 bits per heavy atom. The molecule has 5 nitrogen and oxygen atoms in total. The maximum atomic E-state index is 13.6. The van der Waals surface area contributed by atoms with E-state index in [1.54, 1.807) is 28.4 Å². The Balaban J connectivity index is 1.47. The number of fused-ring (bicyclic) bond motifs is 1. The number of ether oxygens (including phenoxy) is 1. The van der Waals surface area contributed by atoms with E-state index >= 15 is 0 Å². The fourth-order valence-electron chi connectivity index (χ4n) is 4.46. The van der Waals surface area contributed by atoms with Gasteiger partial charge in [-0.15, -0.1) is 11.3 Å². The van der Waals surface area contributed by atoms with Gasteiger partial charge in [0, 0.05) is 18.0 Å². The highest BCUT2D eigenvalue weighted by atomic mass is 32.1. The predicted octanol–water partition coefficient (Wildman–Crippen LogP) is 5.06. The third-order valence-electron chi connectivity index (χ3n) is 6.07. The van der Waals surface area contributed by atoms with Crippen molar-refractivity contribution >= 4 is 23.2 Å². The molecule has 0 aliphatic carbocycles. The smallest absolute Gasteiger partial charge is 0.249 e. The average Bonchev–Trinajstić information content (AvgIpc) is 3.33. The molecule has 0 radical (unpaired) electrons. The first-order valence-electron chi connectivity index (χ1n) is 11.9. The molecule has 0 bridgehead atoms. The number of carbonyl (C=O) groups is 2. The molecule has 1 unspecified atom stereocenters. The van der Waals surface area contributed by atoms with Gasteiger partial charge in [-0.1, -0.05) is 56.3 Å². The lowest BCUT2D eigenvalue weighted by atomic mass is 9.93. The fraction of sp³-hybridized carbons (Fsp3) is 0.357. The van der Waals surface area contributed by atoms with E-state index < -0.39 is 0 Å². The van der Waals surface area contributed by atoms with Crippen LogP contribution >= 0.6 is 11.3 Å². The van der Waals surface area contributed by atoms with Crippen LogP contribution in [0, 0.1) is 11.7 Å². The van der Waals surface area contributed by atoms with Crippen LogP contribution in [0.3, 0.4) is 0 Å². The van der Waals surface area contributed by atoms with Crippen molar-refractivity contribution in [2.75, 3.05) is 26.2 Å². The van der Waals surface area contributed by atoms with Crippen molar-refractivity contribution in [2.24, 2.45) is 5.92 Å². The maximum absolute atomic E-state index is 13.6. The molecule has 1 aromatic heterocycles. The quantitative estimate of drug-likeness (QED) is 0.418. The Morgan fingerprint density at radius 3 is 2.57 bits per heavy atom. The van der Waals surface area contributed by atoms with Crippen molar-refractivity contribution in [3.8, 4) is 0 Å². The van der Waals surface area contributed by atoms with Gasteiger partial charge in [0.05, 0.1) is 19.2 Å². The Kier molecular flexibility index (Phi) is 8.31. The number of hydrogen-bond donors (Lipinski definition) is 0. The maximum Gasteiger partial charge on any atom is 0.249 e. The fourth-order valence-corrected chi connectivity index (χ4v) is 5.36. The summed E-state index contributed by atoms with van der Waals surface area (Å²) < 4.78 is 19.3. The molecule has 1 aliphatic heterocycles. The lowest BCUT2D eigenvalue weighted by Gasteiger charge is -2.37. The van der Waals surface area contributed by atoms with Crippen LogP contribution in [0.15, 0.2) is 66.0 Å². The first kappa shape index (κ1) is 25.1. The Bertz CT molecular complexity index is 1130. The standard InChI is InChI=1S/C28H31FN2O3S/c1-20(2)16-30(27(33)19-34-18-21-6-4-3-5-7-21)17-26(32)31-14-12-25-24(13-15-35-25)28(31)22-8-10-23(29)11-9-22/h3-11,13,15,20,28H,12,14,16-19H2,1-2H3. The van der Waals surface area contributed by atoms with Gasteiger partial charge in [0.15, 0.2) is 0 Å². The van der Waals surface area contributed by atoms with Crippen LogP contribution in [0.25, 0.3) is 0 Å². The van der Waals surface area contributed by atoms with E-state index in [0.717, 1.165) is 23.1 Å². The van der Waals surface area contributed by atoms with Gasteiger partial charge in [0.2, 0.25) is 11.8 Å². The predicted molar refractivity (Wildman–Crippen MR) is 135 cm³/mol. The van der Waals surface area contributed by atoms with Gasteiger partial charge in [-0.3, -0.25) is 9.59 Å². The number of hydrogen-bond acceptors (Lipinski definition) is 4. The van der Waals surface area contributed by atoms with Gasteiger partial charge in [0.1, 0.15) is 12.4 Å². The minimum absolute atomic E-state index is 0.0110. The van der Waals surface area contributed by atoms with Crippen LogP contribution in [0.5, 0.6) is 0 Å². The van der Waals surface area contributed by atoms with Gasteiger partial charge in [-0.2, -0.15) is 0 Å². The lowest BCUT2D eigenvalue weighted by Crippen LogP contribution is -2.48. The molecule has 0 fully saturated rings. The number of carbonyl (C=O) groups excluding carboxylic acids is 2. The molecular formula is C28H31FN2O3S. The number of amides is 2. The highest BCUT2D eigenvalue weighted by Gasteiger charge is 2.34. The third-order valence-corrected chi connectivity index (χ3v) is 7.07. The molecule has 1 aliphatic rings. The summed E-state index contributed by atoms with van der Waals surface area (Å²) in [5.74, 6) is -0.418. The van der Waals surface area contributed by atoms with Gasteiger partial charge < -0.3 is 14.5 Å². The van der Waals surface area contributed by atoms with Crippen molar-refractivity contribution in [1.82, 2.24) is 9.80 Å². The molecule has 2 amide bonds. The van der Waals surface area contributed by atoms with Gasteiger partial charge in [0.25, 0.3) is 0 Å². The first-order valence-corrected chi connectivity index (χ1v) is 12.8. The number of rotatable bonds is 9. The number of nitrogens with zero attached hydrogens (tertiary/aromatic N) is 2. The van der Waals surface area contributed by atoms with E-state index in [-0.39, 0.29) is 42.7 Å². The summed E-state index contributed by atoms with van der Waals surface area (Å²) in [6.07, 6.45) is 0.773. The minimum Gasteiger partial charge on any atom is -0.367 e. The molecule has 0 N–H and O–H groups in total. The van der Waals surface area contributed by atoms with E-state index in [2.05, 4.69) is 0 Å². The molecule has 0 saturated carbocycles. The van der Waals surface area contributed by atoms with Gasteiger partial charge in [-0.05, 0) is 52.6 Å². The minimum atomic E-state index is -0.308. The molecule has 2 heterocycles. The van der Waals surface area contributed by atoms with E-state index in [1.807, 2.05) is 60.5 Å². The van der Waals surface area contributed by atoms with E-state index in [0.29, 0.717) is 19.7 Å². The van der Waals surface area contributed by atoms with Crippen molar-refractivity contribution in [3.63, 3.8) is 0 Å². The zero-order valence-corrected chi connectivity index (χ0v) is 21.0.